The molecule has 1 fully saturated rings. The molecular weight excluding hydrogens is 534 g/mol. The largest absolute Gasteiger partial charge is 0.355 e. The summed E-state index contributed by atoms with van der Waals surface area (Å²) in [5.74, 6) is 0.0526. The molecule has 42 heavy (non-hydrogen) atoms. The Hall–Kier alpha value is -4.63. The highest BCUT2D eigenvalue weighted by Crippen LogP contribution is 2.46. The number of benzene rings is 2. The highest BCUT2D eigenvalue weighted by Gasteiger charge is 2.45. The number of aromatic nitrogens is 4. The fourth-order valence-corrected chi connectivity index (χ4v) is 6.24. The molecule has 12 heteroatoms. The van der Waals surface area contributed by atoms with E-state index in [1.54, 1.807) is 26.0 Å². The van der Waals surface area contributed by atoms with Gasteiger partial charge in [-0.1, -0.05) is 12.1 Å². The molecule has 1 aliphatic carbocycles. The highest BCUT2D eigenvalue weighted by molar-refractivity contribution is 5.95. The molecule has 0 unspecified atom stereocenters. The molecule has 3 N–H and O–H groups in total. The second kappa shape index (κ2) is 12.1. The van der Waals surface area contributed by atoms with Crippen LogP contribution in [-0.2, 0) is 30.1 Å². The summed E-state index contributed by atoms with van der Waals surface area (Å²) in [5, 5.41) is 22.1. The van der Waals surface area contributed by atoms with E-state index in [9.17, 15) is 14.4 Å². The van der Waals surface area contributed by atoms with Crippen molar-refractivity contribution in [3.05, 3.63) is 87.0 Å². The van der Waals surface area contributed by atoms with Crippen LogP contribution in [0.1, 0.15) is 68.1 Å². The third-order valence-corrected chi connectivity index (χ3v) is 8.31. The fraction of sp³-hybridized carbons (Fsp3) is 0.433. The van der Waals surface area contributed by atoms with Crippen molar-refractivity contribution in [2.24, 2.45) is 7.05 Å². The predicted molar refractivity (Wildman–Crippen MR) is 155 cm³/mol. The van der Waals surface area contributed by atoms with Crippen LogP contribution in [0.5, 0.6) is 0 Å². The zero-order valence-corrected chi connectivity index (χ0v) is 24.1. The topological polar surface area (TPSA) is 138 Å². The van der Waals surface area contributed by atoms with Gasteiger partial charge in [-0.15, -0.1) is 10.2 Å². The standard InChI is InChI=1S/C30H35N9O3/c1-31-25-6-5-15-39(25)26(40)18-34-14-13-30(29-35-37-38(4)36-29)23-11-9-21(27(41)32-2)16-19(23)7-8-20-17-22(28(42)33-3)10-12-24(20)30/h9-12,16-17,25,34H,5-8,13-15,18H2,2-4H3,(H,32,41)(H,33,42)/t25-/m0/s1. The number of likely N-dealkylation sites (tertiary alicyclic amines) is 1. The first kappa shape index (κ1) is 28.9. The first-order valence-electron chi connectivity index (χ1n) is 14.1. The number of hydrogen-bond acceptors (Lipinski definition) is 7. The lowest BCUT2D eigenvalue weighted by Gasteiger charge is -2.34. The van der Waals surface area contributed by atoms with Crippen molar-refractivity contribution in [1.29, 1.82) is 0 Å². The van der Waals surface area contributed by atoms with Gasteiger partial charge in [0, 0.05) is 38.2 Å². The van der Waals surface area contributed by atoms with Crippen molar-refractivity contribution >= 4 is 17.7 Å². The van der Waals surface area contributed by atoms with Crippen LogP contribution >= 0.6 is 0 Å². The zero-order valence-electron chi connectivity index (χ0n) is 24.1. The molecule has 12 nitrogen and oxygen atoms in total. The van der Waals surface area contributed by atoms with E-state index in [1.165, 1.54) is 4.80 Å². The van der Waals surface area contributed by atoms with Crippen molar-refractivity contribution < 1.29 is 14.4 Å². The van der Waals surface area contributed by atoms with Crippen LogP contribution in [0.25, 0.3) is 4.85 Å². The molecule has 5 rings (SSSR count). The van der Waals surface area contributed by atoms with Crippen LogP contribution in [0.15, 0.2) is 36.4 Å². The van der Waals surface area contributed by atoms with Gasteiger partial charge in [-0.25, -0.2) is 6.57 Å². The summed E-state index contributed by atoms with van der Waals surface area (Å²) in [4.78, 5) is 44.7. The lowest BCUT2D eigenvalue weighted by atomic mass is 9.69. The van der Waals surface area contributed by atoms with E-state index in [0.29, 0.717) is 55.7 Å². The average Bonchev–Trinajstić information content (AvgIpc) is 3.66. The molecule has 0 bridgehead atoms. The summed E-state index contributed by atoms with van der Waals surface area (Å²) in [6, 6.07) is 11.4. The molecule has 1 aromatic heterocycles. The van der Waals surface area contributed by atoms with Gasteiger partial charge in [0.25, 0.3) is 11.8 Å². The van der Waals surface area contributed by atoms with E-state index in [-0.39, 0.29) is 30.4 Å². The van der Waals surface area contributed by atoms with E-state index in [2.05, 4.69) is 31.1 Å². The number of carbonyl (C=O) groups excluding carboxylic acids is 3. The lowest BCUT2D eigenvalue weighted by Crippen LogP contribution is -2.42. The smallest absolute Gasteiger partial charge is 0.300 e. The summed E-state index contributed by atoms with van der Waals surface area (Å²) < 4.78 is 0. The number of tetrazole rings is 1. The molecule has 2 heterocycles. The minimum absolute atomic E-state index is 0.0905. The number of carbonyl (C=O) groups is 3. The Bertz CT molecular complexity index is 1490. The third kappa shape index (κ3) is 5.23. The SMILES string of the molecule is [C-]#[N+][C@@H]1CCCN1C(=O)CNCCC1(c2nnn(C)n2)c2ccc(C(=O)NC)cc2CCc2cc(C(=O)NC)ccc21. The molecule has 0 saturated carbocycles. The number of nitrogens with zero attached hydrogens (tertiary/aromatic N) is 6. The van der Waals surface area contributed by atoms with Crippen LogP contribution in [0, 0.1) is 6.57 Å². The van der Waals surface area contributed by atoms with Gasteiger partial charge < -0.3 is 16.0 Å². The van der Waals surface area contributed by atoms with Gasteiger partial charge in [-0.3, -0.25) is 24.1 Å². The molecule has 0 radical (unpaired) electrons. The molecule has 3 amide bonds. The van der Waals surface area contributed by atoms with Crippen molar-refractivity contribution in [2.75, 3.05) is 33.7 Å². The maximum atomic E-state index is 12.9. The first-order valence-corrected chi connectivity index (χ1v) is 14.1. The van der Waals surface area contributed by atoms with Gasteiger partial charge in [0.15, 0.2) is 5.82 Å². The zero-order chi connectivity index (χ0) is 29.9. The Balaban J connectivity index is 1.58. The Morgan fingerprint density at radius 2 is 1.64 bits per heavy atom. The minimum Gasteiger partial charge on any atom is -0.355 e. The van der Waals surface area contributed by atoms with E-state index in [0.717, 1.165) is 28.7 Å². The van der Waals surface area contributed by atoms with Gasteiger partial charge in [0.05, 0.1) is 19.0 Å². The second-order valence-electron chi connectivity index (χ2n) is 10.7. The van der Waals surface area contributed by atoms with Crippen LogP contribution < -0.4 is 16.0 Å². The summed E-state index contributed by atoms with van der Waals surface area (Å²) in [7, 11) is 4.92. The van der Waals surface area contributed by atoms with E-state index in [1.807, 2.05) is 36.4 Å². The van der Waals surface area contributed by atoms with Gasteiger partial charge in [0.2, 0.25) is 5.91 Å². The van der Waals surface area contributed by atoms with Crippen molar-refractivity contribution in [2.45, 2.75) is 43.7 Å². The van der Waals surface area contributed by atoms with E-state index < -0.39 is 5.41 Å². The Labute approximate surface area is 244 Å². The lowest BCUT2D eigenvalue weighted by molar-refractivity contribution is -0.130. The number of aryl methyl sites for hydroxylation is 3. The second-order valence-corrected chi connectivity index (χ2v) is 10.7. The monoisotopic (exact) mass is 569 g/mol. The number of rotatable bonds is 8. The highest BCUT2D eigenvalue weighted by atomic mass is 16.2. The van der Waals surface area contributed by atoms with Crippen LogP contribution in [0.4, 0.5) is 0 Å². The van der Waals surface area contributed by atoms with Gasteiger partial charge in [-0.05, 0) is 84.0 Å². The number of fused-ring (bicyclic) bond motifs is 2. The van der Waals surface area contributed by atoms with E-state index >= 15 is 0 Å². The van der Waals surface area contributed by atoms with Crippen molar-refractivity contribution in [1.82, 2.24) is 41.1 Å². The molecular formula is C30H35N9O3. The molecule has 1 aliphatic heterocycles. The maximum absolute atomic E-state index is 12.9. The summed E-state index contributed by atoms with van der Waals surface area (Å²) >= 11 is 0. The molecule has 3 aromatic rings. The summed E-state index contributed by atoms with van der Waals surface area (Å²) in [6.07, 6.45) is 2.93. The van der Waals surface area contributed by atoms with Gasteiger partial charge in [0.1, 0.15) is 0 Å². The van der Waals surface area contributed by atoms with Crippen LogP contribution in [-0.4, -0.2) is 82.7 Å². The molecule has 2 aromatic carbocycles. The Morgan fingerprint density at radius 3 is 2.17 bits per heavy atom. The van der Waals surface area contributed by atoms with Crippen LogP contribution in [0.2, 0.25) is 0 Å². The molecule has 2 aliphatic rings. The van der Waals surface area contributed by atoms with Gasteiger partial charge >= 0.3 is 6.17 Å². The third-order valence-electron chi connectivity index (χ3n) is 8.31. The Kier molecular flexibility index (Phi) is 8.31. The molecule has 1 saturated heterocycles. The number of nitrogens with one attached hydrogen (secondary N) is 3. The molecule has 218 valence electrons. The minimum atomic E-state index is -0.874. The quantitative estimate of drug-likeness (QED) is 0.274. The fourth-order valence-electron chi connectivity index (χ4n) is 6.24. The number of amides is 3. The van der Waals surface area contributed by atoms with E-state index in [4.69, 9.17) is 11.7 Å². The Morgan fingerprint density at radius 1 is 1.02 bits per heavy atom. The molecule has 0 spiro atoms. The summed E-state index contributed by atoms with van der Waals surface area (Å²) in [5.41, 5.74) is 4.10. The van der Waals surface area contributed by atoms with Crippen LogP contribution in [0.3, 0.4) is 0 Å². The summed E-state index contributed by atoms with van der Waals surface area (Å²) in [6.45, 7) is 8.55. The first-order chi connectivity index (χ1) is 20.3. The molecule has 1 atom stereocenters. The van der Waals surface area contributed by atoms with Crippen molar-refractivity contribution in [3.8, 4) is 0 Å². The maximum Gasteiger partial charge on any atom is 0.300 e. The average molecular weight is 570 g/mol. The normalized spacial score (nSPS) is 17.0. The van der Waals surface area contributed by atoms with Gasteiger partial charge in [-0.2, -0.15) is 4.80 Å². The number of hydrogen-bond donors (Lipinski definition) is 3. The van der Waals surface area contributed by atoms with Crippen molar-refractivity contribution in [3.63, 3.8) is 0 Å². The predicted octanol–water partition coefficient (Wildman–Crippen LogP) is 1.21.